The fourth-order valence-electron chi connectivity index (χ4n) is 6.80. The van der Waals surface area contributed by atoms with E-state index in [9.17, 15) is 14.4 Å². The summed E-state index contributed by atoms with van der Waals surface area (Å²) in [5, 5.41) is 0. The van der Waals surface area contributed by atoms with Crippen molar-refractivity contribution < 1.29 is 28.6 Å². The first-order valence-electron chi connectivity index (χ1n) is 27.4. The second-order valence-electron chi connectivity index (χ2n) is 17.4. The highest BCUT2D eigenvalue weighted by molar-refractivity contribution is 5.71. The van der Waals surface area contributed by atoms with Gasteiger partial charge in [0, 0.05) is 19.3 Å². The number of hydrogen-bond donors (Lipinski definition) is 0. The minimum atomic E-state index is -0.843. The molecular formula is C63H98O6. The fourth-order valence-corrected chi connectivity index (χ4v) is 6.80. The molecule has 0 saturated carbocycles. The molecule has 0 spiro atoms. The fraction of sp³-hybridized carbons (Fsp3) is 0.571. The van der Waals surface area contributed by atoms with E-state index in [0.717, 1.165) is 116 Å². The summed E-state index contributed by atoms with van der Waals surface area (Å²) in [5.41, 5.74) is 0. The van der Waals surface area contributed by atoms with Crippen molar-refractivity contribution in [3.8, 4) is 0 Å². The number of unbranched alkanes of at least 4 members (excludes halogenated alkanes) is 13. The SMILES string of the molecule is CC/C=C\C/C=C\C/C=C\C/C=C\C/C=C\C/C=C\CCC(=O)OCC(COC(=O)CCCCC/C=C\C=C/CCCCCCCCC)OC(=O)CCCCC/C=C\C/C=C\C/C=C\C/C=C\CC. The van der Waals surface area contributed by atoms with Crippen LogP contribution in [0.25, 0.3) is 0 Å². The smallest absolute Gasteiger partial charge is 0.306 e. The van der Waals surface area contributed by atoms with Crippen LogP contribution >= 0.6 is 0 Å². The third kappa shape index (κ3) is 54.1. The molecule has 1 unspecified atom stereocenters. The van der Waals surface area contributed by atoms with Crippen LogP contribution in [0.1, 0.15) is 213 Å². The van der Waals surface area contributed by atoms with Gasteiger partial charge in [0.2, 0.25) is 0 Å². The molecule has 0 aromatic rings. The van der Waals surface area contributed by atoms with Crippen LogP contribution < -0.4 is 0 Å². The molecule has 6 nitrogen and oxygen atoms in total. The van der Waals surface area contributed by atoms with Crippen molar-refractivity contribution in [2.75, 3.05) is 13.2 Å². The summed E-state index contributed by atoms with van der Waals surface area (Å²) in [5.74, 6) is -1.09. The minimum absolute atomic E-state index is 0.134. The Kier molecular flexibility index (Phi) is 52.1. The summed E-state index contributed by atoms with van der Waals surface area (Å²) < 4.78 is 16.7. The highest BCUT2D eigenvalue weighted by Gasteiger charge is 2.19. The maximum absolute atomic E-state index is 12.8. The summed E-state index contributed by atoms with van der Waals surface area (Å²) >= 11 is 0. The molecule has 6 heteroatoms. The molecule has 0 N–H and O–H groups in total. The Morgan fingerprint density at radius 1 is 0.319 bits per heavy atom. The van der Waals surface area contributed by atoms with Crippen LogP contribution in [0.2, 0.25) is 0 Å². The van der Waals surface area contributed by atoms with Gasteiger partial charge in [0.1, 0.15) is 13.2 Å². The van der Waals surface area contributed by atoms with Gasteiger partial charge < -0.3 is 14.2 Å². The normalized spacial score (nSPS) is 13.3. The second-order valence-corrected chi connectivity index (χ2v) is 17.4. The number of carbonyl (C=O) groups is 3. The first kappa shape index (κ1) is 64.3. The molecule has 0 aromatic heterocycles. The molecule has 69 heavy (non-hydrogen) atoms. The van der Waals surface area contributed by atoms with Crippen LogP contribution in [-0.4, -0.2) is 37.2 Å². The van der Waals surface area contributed by atoms with Gasteiger partial charge in [-0.05, 0) is 122 Å². The molecule has 0 aliphatic heterocycles. The Hall–Kier alpha value is -4.71. The van der Waals surface area contributed by atoms with E-state index < -0.39 is 6.10 Å². The first-order valence-corrected chi connectivity index (χ1v) is 27.4. The van der Waals surface area contributed by atoms with E-state index in [1.165, 1.54) is 44.9 Å². The van der Waals surface area contributed by atoms with Gasteiger partial charge in [-0.15, -0.1) is 0 Å². The van der Waals surface area contributed by atoms with Crippen molar-refractivity contribution in [1.82, 2.24) is 0 Å². The Labute approximate surface area is 423 Å². The van der Waals surface area contributed by atoms with Crippen LogP contribution in [0, 0.1) is 0 Å². The Morgan fingerprint density at radius 2 is 0.638 bits per heavy atom. The number of allylic oxidation sites excluding steroid dienone is 24. The van der Waals surface area contributed by atoms with E-state index in [-0.39, 0.29) is 44.0 Å². The standard InChI is InChI=1S/C63H98O6/c1-4-7-10-13-16-19-22-25-28-31-32-33-36-38-41-44-47-50-53-56-62(65)68-59-60(69-63(66)57-54-51-48-45-42-39-35-30-27-24-21-18-15-12-9-6-3)58-67-61(64)55-52-49-46-43-40-37-34-29-26-23-20-17-14-11-8-5-2/h7,9-10,12,16,18-19,21,25,27-30,32-34,37-42,47,50,60H,4-6,8,11,13-15,17,20,22-24,26,31,35-36,43-46,48-49,51-59H2,1-3H3/b10-7-,12-9-,19-16-,21-18-,28-25-,30-27-,33-32-,34-29-,40-37-,41-38-,42-39-,50-47-. The molecule has 0 rings (SSSR count). The molecule has 0 radical (unpaired) electrons. The zero-order valence-electron chi connectivity index (χ0n) is 44.0. The summed E-state index contributed by atoms with van der Waals surface area (Å²) in [7, 11) is 0. The number of ether oxygens (including phenoxy) is 3. The monoisotopic (exact) mass is 951 g/mol. The molecule has 0 heterocycles. The van der Waals surface area contributed by atoms with E-state index in [1.54, 1.807) is 0 Å². The molecule has 0 bridgehead atoms. The van der Waals surface area contributed by atoms with E-state index in [4.69, 9.17) is 14.2 Å². The van der Waals surface area contributed by atoms with Gasteiger partial charge in [-0.3, -0.25) is 14.4 Å². The molecule has 0 amide bonds. The lowest BCUT2D eigenvalue weighted by Gasteiger charge is -2.18. The molecule has 0 aliphatic carbocycles. The quantitative estimate of drug-likeness (QED) is 0.0199. The largest absolute Gasteiger partial charge is 0.462 e. The van der Waals surface area contributed by atoms with Crippen LogP contribution in [0.3, 0.4) is 0 Å². The second kappa shape index (κ2) is 55.9. The maximum Gasteiger partial charge on any atom is 0.306 e. The van der Waals surface area contributed by atoms with Crippen LogP contribution in [0.15, 0.2) is 146 Å². The zero-order valence-corrected chi connectivity index (χ0v) is 44.0. The van der Waals surface area contributed by atoms with Crippen LogP contribution in [0.4, 0.5) is 0 Å². The van der Waals surface area contributed by atoms with Crippen molar-refractivity contribution in [3.05, 3.63) is 146 Å². The summed E-state index contributed by atoms with van der Waals surface area (Å²) in [6.07, 6.45) is 79.9. The number of hydrogen-bond acceptors (Lipinski definition) is 6. The lowest BCUT2D eigenvalue weighted by atomic mass is 10.1. The Balaban J connectivity index is 4.63. The van der Waals surface area contributed by atoms with Crippen LogP contribution in [-0.2, 0) is 28.6 Å². The van der Waals surface area contributed by atoms with Gasteiger partial charge in [0.05, 0.1) is 0 Å². The van der Waals surface area contributed by atoms with Crippen molar-refractivity contribution in [3.63, 3.8) is 0 Å². The number of esters is 3. The molecular weight excluding hydrogens is 853 g/mol. The van der Waals surface area contributed by atoms with Crippen molar-refractivity contribution >= 4 is 17.9 Å². The lowest BCUT2D eigenvalue weighted by Crippen LogP contribution is -2.30. The van der Waals surface area contributed by atoms with Crippen molar-refractivity contribution in [1.29, 1.82) is 0 Å². The van der Waals surface area contributed by atoms with Gasteiger partial charge >= 0.3 is 17.9 Å². The number of rotatable bonds is 47. The van der Waals surface area contributed by atoms with E-state index in [1.807, 2.05) is 12.2 Å². The van der Waals surface area contributed by atoms with Gasteiger partial charge in [0.25, 0.3) is 0 Å². The maximum atomic E-state index is 12.8. The first-order chi connectivity index (χ1) is 34.0. The average Bonchev–Trinajstić information content (AvgIpc) is 3.35. The third-order valence-corrected chi connectivity index (χ3v) is 10.9. The van der Waals surface area contributed by atoms with Crippen molar-refractivity contribution in [2.45, 2.75) is 219 Å². The van der Waals surface area contributed by atoms with E-state index >= 15 is 0 Å². The highest BCUT2D eigenvalue weighted by atomic mass is 16.6. The predicted octanol–water partition coefficient (Wildman–Crippen LogP) is 18.4. The van der Waals surface area contributed by atoms with Gasteiger partial charge in [-0.2, -0.15) is 0 Å². The lowest BCUT2D eigenvalue weighted by molar-refractivity contribution is -0.166. The average molecular weight is 951 g/mol. The third-order valence-electron chi connectivity index (χ3n) is 10.9. The van der Waals surface area contributed by atoms with Gasteiger partial charge in [0.15, 0.2) is 6.10 Å². The minimum Gasteiger partial charge on any atom is -0.462 e. The summed E-state index contributed by atoms with van der Waals surface area (Å²) in [6.45, 7) is 6.27. The number of carbonyl (C=O) groups excluding carboxylic acids is 3. The molecule has 386 valence electrons. The summed E-state index contributed by atoms with van der Waals surface area (Å²) in [6, 6.07) is 0. The molecule has 0 fully saturated rings. The van der Waals surface area contributed by atoms with E-state index in [0.29, 0.717) is 19.3 Å². The molecule has 1 atom stereocenters. The molecule has 0 saturated heterocycles. The van der Waals surface area contributed by atoms with Gasteiger partial charge in [-0.25, -0.2) is 0 Å². The van der Waals surface area contributed by atoms with E-state index in [2.05, 4.69) is 154 Å². The highest BCUT2D eigenvalue weighted by Crippen LogP contribution is 2.11. The van der Waals surface area contributed by atoms with Crippen LogP contribution in [0.5, 0.6) is 0 Å². The van der Waals surface area contributed by atoms with Crippen molar-refractivity contribution in [2.24, 2.45) is 0 Å². The summed E-state index contributed by atoms with van der Waals surface area (Å²) in [4.78, 5) is 38.1. The van der Waals surface area contributed by atoms with Gasteiger partial charge in [-0.1, -0.05) is 218 Å². The predicted molar refractivity (Wildman–Crippen MR) is 297 cm³/mol. The molecule has 0 aliphatic rings. The topological polar surface area (TPSA) is 78.9 Å². The Bertz CT molecular complexity index is 1560. The molecule has 0 aromatic carbocycles. The zero-order chi connectivity index (χ0) is 50.0. The Morgan fingerprint density at radius 3 is 1.06 bits per heavy atom.